The molecule has 1 aliphatic carbocycles. The molecule has 2 aromatic rings. The van der Waals surface area contributed by atoms with Crippen molar-refractivity contribution < 1.29 is 0 Å². The Morgan fingerprint density at radius 1 is 0.762 bits per heavy atom. The monoisotopic (exact) mass is 274 g/mol. The molecule has 2 aromatic carbocycles. The number of allylic oxidation sites excluding steroid dienone is 4. The lowest BCUT2D eigenvalue weighted by atomic mass is 9.82. The third kappa shape index (κ3) is 3.00. The summed E-state index contributed by atoms with van der Waals surface area (Å²) >= 11 is 0. The summed E-state index contributed by atoms with van der Waals surface area (Å²) in [5, 5.41) is 0. The van der Waals surface area contributed by atoms with Crippen LogP contribution in [0.4, 0.5) is 0 Å². The molecule has 0 radical (unpaired) electrons. The smallest absolute Gasteiger partial charge is 0.00815 e. The maximum absolute atomic E-state index is 2.36. The van der Waals surface area contributed by atoms with Crippen LogP contribution >= 0.6 is 0 Å². The number of benzene rings is 2. The molecular formula is C21H22. The Balaban J connectivity index is 1.85. The molecule has 0 heterocycles. The van der Waals surface area contributed by atoms with E-state index in [1.165, 1.54) is 27.8 Å². The Labute approximate surface area is 127 Å². The van der Waals surface area contributed by atoms with E-state index in [4.69, 9.17) is 0 Å². The van der Waals surface area contributed by atoms with Crippen molar-refractivity contribution in [2.24, 2.45) is 5.92 Å². The zero-order chi connectivity index (χ0) is 14.8. The largest absolute Gasteiger partial charge is 0.0778 e. The van der Waals surface area contributed by atoms with Crippen molar-refractivity contribution in [2.75, 3.05) is 0 Å². The number of hydrogen-bond acceptors (Lipinski definition) is 0. The van der Waals surface area contributed by atoms with Gasteiger partial charge in [-0.15, -0.1) is 0 Å². The fourth-order valence-corrected chi connectivity index (χ4v) is 3.06. The highest BCUT2D eigenvalue weighted by molar-refractivity contribution is 5.64. The van der Waals surface area contributed by atoms with Crippen LogP contribution in [0.2, 0.25) is 0 Å². The molecule has 0 saturated heterocycles. The highest BCUT2D eigenvalue weighted by Crippen LogP contribution is 2.32. The second-order valence-corrected chi connectivity index (χ2v) is 6.14. The molecule has 0 fully saturated rings. The minimum Gasteiger partial charge on any atom is -0.0778 e. The number of aryl methyl sites for hydroxylation is 1. The third-order valence-electron chi connectivity index (χ3n) is 4.34. The molecule has 1 aliphatic rings. The minimum atomic E-state index is 0.501. The van der Waals surface area contributed by atoms with Crippen LogP contribution in [0.3, 0.4) is 0 Å². The Kier molecular flexibility index (Phi) is 3.79. The molecule has 0 bridgehead atoms. The van der Waals surface area contributed by atoms with E-state index in [0.717, 1.165) is 0 Å². The van der Waals surface area contributed by atoms with Gasteiger partial charge in [0.25, 0.3) is 0 Å². The van der Waals surface area contributed by atoms with Crippen molar-refractivity contribution in [1.82, 2.24) is 0 Å². The predicted molar refractivity (Wildman–Crippen MR) is 91.4 cm³/mol. The van der Waals surface area contributed by atoms with Gasteiger partial charge in [-0.3, -0.25) is 0 Å². The van der Waals surface area contributed by atoms with Gasteiger partial charge in [-0.1, -0.05) is 84.8 Å². The molecule has 21 heavy (non-hydrogen) atoms. The quantitative estimate of drug-likeness (QED) is 0.639. The van der Waals surface area contributed by atoms with E-state index in [1.807, 2.05) is 0 Å². The molecule has 3 rings (SSSR count). The lowest BCUT2D eigenvalue weighted by Crippen LogP contribution is -2.08. The van der Waals surface area contributed by atoms with Crippen molar-refractivity contribution in [2.45, 2.75) is 26.7 Å². The maximum Gasteiger partial charge on any atom is 0.00815 e. The zero-order valence-corrected chi connectivity index (χ0v) is 13.0. The molecule has 0 spiro atoms. The Morgan fingerprint density at radius 2 is 1.33 bits per heavy atom. The predicted octanol–water partition coefficient (Wildman–Crippen LogP) is 5.90. The maximum atomic E-state index is 2.36. The van der Waals surface area contributed by atoms with Gasteiger partial charge in [-0.2, -0.15) is 0 Å². The van der Waals surface area contributed by atoms with Crippen LogP contribution in [0.5, 0.6) is 0 Å². The average molecular weight is 274 g/mol. The van der Waals surface area contributed by atoms with E-state index < -0.39 is 0 Å². The normalized spacial score (nSPS) is 21.2. The first kappa shape index (κ1) is 13.9. The lowest BCUT2D eigenvalue weighted by molar-refractivity contribution is 0.630. The molecule has 2 atom stereocenters. The van der Waals surface area contributed by atoms with Crippen molar-refractivity contribution in [1.29, 1.82) is 0 Å². The highest BCUT2D eigenvalue weighted by atomic mass is 14.2. The van der Waals surface area contributed by atoms with Crippen LogP contribution in [0.15, 0.2) is 72.3 Å². The molecule has 0 heteroatoms. The van der Waals surface area contributed by atoms with Gasteiger partial charge in [0.2, 0.25) is 0 Å². The summed E-state index contributed by atoms with van der Waals surface area (Å²) in [6.07, 6.45) is 6.93. The molecule has 0 aromatic heterocycles. The van der Waals surface area contributed by atoms with Crippen LogP contribution in [0.25, 0.3) is 11.1 Å². The van der Waals surface area contributed by atoms with Gasteiger partial charge in [-0.25, -0.2) is 0 Å². The molecule has 0 N–H and O–H groups in total. The standard InChI is InChI=1S/C21H22/c1-15-4-7-18(8-5-15)19-9-11-20(12-10-19)21-13-6-16(2)14-17(21)3/h4-14,17,21H,1-3H3. The van der Waals surface area contributed by atoms with Gasteiger partial charge in [-0.05, 0) is 36.5 Å². The van der Waals surface area contributed by atoms with Gasteiger partial charge >= 0.3 is 0 Å². The SMILES string of the molecule is CC1=CC(C)C(c2ccc(-c3ccc(C)cc3)cc2)C=C1. The molecule has 2 unspecified atom stereocenters. The van der Waals surface area contributed by atoms with Crippen LogP contribution in [0.1, 0.15) is 30.9 Å². The topological polar surface area (TPSA) is 0 Å². The van der Waals surface area contributed by atoms with E-state index >= 15 is 0 Å². The summed E-state index contributed by atoms with van der Waals surface area (Å²) in [6, 6.07) is 17.8. The Morgan fingerprint density at radius 3 is 1.90 bits per heavy atom. The first-order valence-electron chi connectivity index (χ1n) is 7.67. The van der Waals surface area contributed by atoms with E-state index in [2.05, 4.69) is 87.5 Å². The van der Waals surface area contributed by atoms with E-state index in [0.29, 0.717) is 11.8 Å². The summed E-state index contributed by atoms with van der Waals surface area (Å²) in [5.41, 5.74) is 6.65. The molecular weight excluding hydrogens is 252 g/mol. The summed E-state index contributed by atoms with van der Waals surface area (Å²) in [6.45, 7) is 6.59. The van der Waals surface area contributed by atoms with Crippen molar-refractivity contribution in [3.8, 4) is 11.1 Å². The summed E-state index contributed by atoms with van der Waals surface area (Å²) in [4.78, 5) is 0. The van der Waals surface area contributed by atoms with Crippen LogP contribution in [-0.4, -0.2) is 0 Å². The van der Waals surface area contributed by atoms with E-state index in [1.54, 1.807) is 0 Å². The summed E-state index contributed by atoms with van der Waals surface area (Å²) < 4.78 is 0. The van der Waals surface area contributed by atoms with Gasteiger partial charge < -0.3 is 0 Å². The molecule has 106 valence electrons. The number of hydrogen-bond donors (Lipinski definition) is 0. The Bertz CT molecular complexity index is 669. The van der Waals surface area contributed by atoms with Crippen LogP contribution < -0.4 is 0 Å². The van der Waals surface area contributed by atoms with E-state index in [-0.39, 0.29) is 0 Å². The minimum absolute atomic E-state index is 0.501. The van der Waals surface area contributed by atoms with Gasteiger partial charge in [0.15, 0.2) is 0 Å². The molecule has 0 amide bonds. The second kappa shape index (κ2) is 5.73. The fourth-order valence-electron chi connectivity index (χ4n) is 3.06. The first-order chi connectivity index (χ1) is 10.1. The highest BCUT2D eigenvalue weighted by Gasteiger charge is 2.17. The second-order valence-electron chi connectivity index (χ2n) is 6.14. The molecule has 0 aliphatic heterocycles. The average Bonchev–Trinajstić information content (AvgIpc) is 2.48. The third-order valence-corrected chi connectivity index (χ3v) is 4.34. The van der Waals surface area contributed by atoms with Crippen molar-refractivity contribution in [3.05, 3.63) is 83.5 Å². The number of rotatable bonds is 2. The lowest BCUT2D eigenvalue weighted by Gasteiger charge is -2.22. The van der Waals surface area contributed by atoms with Gasteiger partial charge in [0, 0.05) is 5.92 Å². The first-order valence-corrected chi connectivity index (χ1v) is 7.67. The van der Waals surface area contributed by atoms with Crippen LogP contribution in [-0.2, 0) is 0 Å². The Hall–Kier alpha value is -2.08. The zero-order valence-electron chi connectivity index (χ0n) is 13.0. The molecule has 0 saturated carbocycles. The molecule has 0 nitrogen and oxygen atoms in total. The van der Waals surface area contributed by atoms with Gasteiger partial charge in [0.1, 0.15) is 0 Å². The fraction of sp³-hybridized carbons (Fsp3) is 0.238. The van der Waals surface area contributed by atoms with Crippen molar-refractivity contribution >= 4 is 0 Å². The summed E-state index contributed by atoms with van der Waals surface area (Å²) in [5.74, 6) is 1.07. The van der Waals surface area contributed by atoms with Crippen LogP contribution in [0, 0.1) is 12.8 Å². The van der Waals surface area contributed by atoms with Crippen molar-refractivity contribution in [3.63, 3.8) is 0 Å². The van der Waals surface area contributed by atoms with E-state index in [9.17, 15) is 0 Å². The van der Waals surface area contributed by atoms with Gasteiger partial charge in [0.05, 0.1) is 0 Å². The summed E-state index contributed by atoms with van der Waals surface area (Å²) in [7, 11) is 0.